The van der Waals surface area contributed by atoms with E-state index in [0.29, 0.717) is 17.0 Å². The number of fused-ring (bicyclic) bond motifs is 4. The third kappa shape index (κ3) is 8.08. The number of hydrogen-bond acceptors (Lipinski definition) is 10. The molecule has 0 unspecified atom stereocenters. The molecule has 0 N–H and O–H groups in total. The van der Waals surface area contributed by atoms with Gasteiger partial charge in [-0.1, -0.05) is 43.1 Å². The number of rotatable bonds is 9. The van der Waals surface area contributed by atoms with Crippen LogP contribution in [0.3, 0.4) is 0 Å². The number of aryl methyl sites for hydroxylation is 1. The molecule has 1 saturated heterocycles. The molecule has 0 radical (unpaired) electrons. The number of halogens is 2. The lowest BCUT2D eigenvalue weighted by Crippen LogP contribution is -2.44. The maximum absolute atomic E-state index is 12.8. The second kappa shape index (κ2) is 16.4. The Morgan fingerprint density at radius 1 is 0.897 bits per heavy atom. The normalized spacial score (nSPS) is 17.3. The Balaban J connectivity index is 0.00000135. The quantitative estimate of drug-likeness (QED) is 0.171. The molecule has 3 aromatic carbocycles. The van der Waals surface area contributed by atoms with Gasteiger partial charge in [0.15, 0.2) is 0 Å². The highest BCUT2D eigenvalue weighted by molar-refractivity contribution is 7.59. The average Bonchev–Trinajstić information content (AvgIpc) is 3.46. The van der Waals surface area contributed by atoms with Crippen LogP contribution in [0.4, 0.5) is 5.69 Å². The molecule has 15 heteroatoms. The van der Waals surface area contributed by atoms with Gasteiger partial charge in [0.05, 0.1) is 16.5 Å². The summed E-state index contributed by atoms with van der Waals surface area (Å²) in [4.78, 5) is 56.1. The average molecular weight is 851 g/mol. The number of carboxylic acids is 1. The highest BCUT2D eigenvalue weighted by Gasteiger charge is 2.39. The highest BCUT2D eigenvalue weighted by atomic mass is 35.5. The minimum Gasteiger partial charge on any atom is -0.545 e. The number of anilines is 1. The third-order valence-corrected chi connectivity index (χ3v) is 12.4. The first-order valence-corrected chi connectivity index (χ1v) is 21.0. The van der Waals surface area contributed by atoms with E-state index in [1.807, 2.05) is 0 Å². The molecule has 1 fully saturated rings. The van der Waals surface area contributed by atoms with Crippen molar-refractivity contribution in [3.8, 4) is 0 Å². The van der Waals surface area contributed by atoms with Crippen LogP contribution in [-0.4, -0.2) is 67.1 Å². The summed E-state index contributed by atoms with van der Waals surface area (Å²) in [7, 11) is -1.00. The van der Waals surface area contributed by atoms with E-state index in [2.05, 4.69) is 81.5 Å². The van der Waals surface area contributed by atoms with Crippen LogP contribution in [-0.2, 0) is 41.7 Å². The Kier molecular flexibility index (Phi) is 12.1. The molecular formula is C43H45Cl2N3O9S. The Hall–Kier alpha value is -4.85. The van der Waals surface area contributed by atoms with Gasteiger partial charge in [0.25, 0.3) is 11.8 Å². The first-order chi connectivity index (χ1) is 27.2. The van der Waals surface area contributed by atoms with Gasteiger partial charge in [0, 0.05) is 83.6 Å². The van der Waals surface area contributed by atoms with Gasteiger partial charge < -0.3 is 19.6 Å². The van der Waals surface area contributed by atoms with E-state index in [1.165, 1.54) is 11.6 Å². The van der Waals surface area contributed by atoms with Crippen molar-refractivity contribution in [3.63, 3.8) is 0 Å². The number of carbonyl (C=O) groups is 4. The van der Waals surface area contributed by atoms with E-state index >= 15 is 0 Å². The summed E-state index contributed by atoms with van der Waals surface area (Å²) in [5.41, 5.74) is 7.83. The maximum Gasteiger partial charge on any atom is 0.425 e. The van der Waals surface area contributed by atoms with Gasteiger partial charge in [0.2, 0.25) is 5.36 Å². The topological polar surface area (TPSA) is 161 Å². The fourth-order valence-corrected chi connectivity index (χ4v) is 9.18. The number of hydrogen-bond donors (Lipinski definition) is 0. The number of likely N-dealkylation sites (N-methyl/N-ethyl adjacent to an activating group) is 1. The third-order valence-electron chi connectivity index (χ3n) is 11.7. The van der Waals surface area contributed by atoms with E-state index < -0.39 is 39.8 Å². The molecule has 0 aromatic heterocycles. The van der Waals surface area contributed by atoms with Gasteiger partial charge >= 0.3 is 16.6 Å². The number of unbranched alkanes of at least 4 members (excludes halogenated alkanes) is 2. The van der Waals surface area contributed by atoms with Crippen LogP contribution in [0.5, 0.6) is 0 Å². The summed E-state index contributed by atoms with van der Waals surface area (Å²) in [6.07, 6.45) is 6.52. The minimum absolute atomic E-state index is 0.0693. The fraction of sp³-hybridized carbons (Fsp3) is 0.419. The van der Waals surface area contributed by atoms with E-state index in [9.17, 15) is 24.3 Å². The first-order valence-electron chi connectivity index (χ1n) is 19.2. The fourth-order valence-electron chi connectivity index (χ4n) is 8.69. The van der Waals surface area contributed by atoms with E-state index in [-0.39, 0.29) is 40.4 Å². The molecule has 12 nitrogen and oxygen atoms in total. The zero-order valence-electron chi connectivity index (χ0n) is 33.3. The molecule has 0 saturated carbocycles. The monoisotopic (exact) mass is 849 g/mol. The van der Waals surface area contributed by atoms with Crippen molar-refractivity contribution < 1.29 is 41.7 Å². The molecule has 3 aliphatic heterocycles. The summed E-state index contributed by atoms with van der Waals surface area (Å²) >= 11 is 13.6. The summed E-state index contributed by atoms with van der Waals surface area (Å²) in [6.45, 7) is 12.6. The van der Waals surface area contributed by atoms with Crippen molar-refractivity contribution in [2.45, 2.75) is 96.9 Å². The summed E-state index contributed by atoms with van der Waals surface area (Å²) in [6, 6.07) is 12.1. The smallest absolute Gasteiger partial charge is 0.425 e. The zero-order valence-corrected chi connectivity index (χ0v) is 35.6. The number of carboxylic acid groups (broad SMARTS) is 1. The van der Waals surface area contributed by atoms with Gasteiger partial charge in [-0.3, -0.25) is 9.59 Å². The molecular weight excluding hydrogens is 805 g/mol. The van der Waals surface area contributed by atoms with Crippen molar-refractivity contribution in [1.82, 2.24) is 9.64 Å². The maximum atomic E-state index is 12.8. The Morgan fingerprint density at radius 2 is 1.55 bits per heavy atom. The molecule has 0 bridgehead atoms. The lowest BCUT2D eigenvalue weighted by molar-refractivity contribution is -0.255. The van der Waals surface area contributed by atoms with E-state index in [0.717, 1.165) is 88.4 Å². The molecule has 3 heterocycles. The largest absolute Gasteiger partial charge is 0.545 e. The first kappa shape index (κ1) is 42.7. The molecule has 4 aliphatic rings. The van der Waals surface area contributed by atoms with Crippen LogP contribution >= 0.6 is 23.2 Å². The van der Waals surface area contributed by atoms with Crippen LogP contribution in [0.2, 0.25) is 10.0 Å². The van der Waals surface area contributed by atoms with Gasteiger partial charge in [0.1, 0.15) is 13.1 Å². The minimum atomic E-state index is -3.11. The van der Waals surface area contributed by atoms with Crippen LogP contribution in [0.25, 0.3) is 11.1 Å². The Labute approximate surface area is 348 Å². The number of imide groups is 1. The lowest BCUT2D eigenvalue weighted by Gasteiger charge is -2.43. The van der Waals surface area contributed by atoms with Crippen LogP contribution < -0.4 is 25.2 Å². The van der Waals surface area contributed by atoms with Gasteiger partial charge in [-0.2, -0.15) is 0 Å². The second-order valence-electron chi connectivity index (χ2n) is 16.2. The van der Waals surface area contributed by atoms with Gasteiger partial charge in [-0.15, -0.1) is 17.7 Å². The standard InChI is InChI=1S/C43H45Cl2N3O6.O3S/c1-24-23-42(2,3)46(6)34-22-30-28(20-26(24)34)38(39-31(44)13-14-32(45)40(39)41(52)53)27-19-25-11-10-18-47(33(25)21-29(27)43(30,4)5)17-9-7-8-12-37(51)54-48-35(49)15-16-36(48)50;1-4(2)3/h13-14,19-23H,7-12,15-18H2,1-6H3;. The van der Waals surface area contributed by atoms with Crippen molar-refractivity contribution in [1.29, 1.82) is 0 Å². The number of allylic oxidation sites excluding steroid dienone is 1. The lowest BCUT2D eigenvalue weighted by atomic mass is 9.67. The Morgan fingerprint density at radius 3 is 2.21 bits per heavy atom. The number of hydroxylamine groups is 2. The van der Waals surface area contributed by atoms with Crippen LogP contribution in [0.1, 0.15) is 123 Å². The molecule has 2 amide bonds. The number of benzene rings is 3. The number of aromatic carboxylic acids is 1. The van der Waals surface area contributed by atoms with E-state index in [4.69, 9.17) is 40.7 Å². The highest BCUT2D eigenvalue weighted by Crippen LogP contribution is 2.48. The van der Waals surface area contributed by atoms with E-state index in [1.54, 1.807) is 6.07 Å². The van der Waals surface area contributed by atoms with Gasteiger partial charge in [-0.25, -0.2) is 9.37 Å². The molecule has 1 aliphatic carbocycles. The SMILES string of the molecule is CC1=CC(C)(C)N(C)c2cc3c(cc21)C(c1c(Cl)ccc(Cl)c1C(=O)[O-])=c1cc2c(cc1C3(C)C)=[N+](CCCCCC(=O)ON1C(=O)CCC1=O)CCC2.O=S(=O)=O. The second-order valence-corrected chi connectivity index (χ2v) is 17.4. The predicted octanol–water partition coefficient (Wildman–Crippen LogP) is 4.48. The van der Waals surface area contributed by atoms with Crippen molar-refractivity contribution in [2.24, 2.45) is 0 Å². The molecule has 3 aromatic rings. The molecule has 306 valence electrons. The van der Waals surface area contributed by atoms with Crippen LogP contribution in [0.15, 0.2) is 42.5 Å². The van der Waals surface area contributed by atoms with Crippen molar-refractivity contribution in [3.05, 3.63) is 102 Å². The molecule has 7 rings (SSSR count). The Bertz CT molecular complexity index is 2540. The summed E-state index contributed by atoms with van der Waals surface area (Å²) in [5, 5.41) is 15.8. The number of nitrogens with zero attached hydrogens (tertiary/aromatic N) is 3. The zero-order chi connectivity index (χ0) is 42.4. The van der Waals surface area contributed by atoms with Crippen molar-refractivity contribution >= 4 is 74.4 Å². The van der Waals surface area contributed by atoms with Crippen LogP contribution in [0, 0.1) is 0 Å². The summed E-state index contributed by atoms with van der Waals surface area (Å²) < 4.78 is 27.7. The molecule has 0 atom stereocenters. The van der Waals surface area contributed by atoms with Gasteiger partial charge in [-0.05, 0) is 103 Å². The number of amides is 2. The number of carbonyl (C=O) groups excluding carboxylic acids is 4. The molecule has 0 spiro atoms. The van der Waals surface area contributed by atoms with Crippen molar-refractivity contribution in [2.75, 3.05) is 25.0 Å². The summed E-state index contributed by atoms with van der Waals surface area (Å²) in [5.74, 6) is -2.92. The molecule has 58 heavy (non-hydrogen) atoms. The predicted molar refractivity (Wildman–Crippen MR) is 217 cm³/mol.